The Morgan fingerprint density at radius 2 is 1.62 bits per heavy atom. The molecule has 3 heterocycles. The maximum absolute atomic E-state index is 14.9. The van der Waals surface area contributed by atoms with E-state index in [-0.39, 0.29) is 79.5 Å². The van der Waals surface area contributed by atoms with Crippen molar-refractivity contribution >= 4 is 46.6 Å². The second-order valence-electron chi connectivity index (χ2n) is 16.6. The molecule has 56 heavy (non-hydrogen) atoms. The minimum absolute atomic E-state index is 0.0258. The van der Waals surface area contributed by atoms with Crippen molar-refractivity contribution in [2.75, 3.05) is 26.1 Å². The van der Waals surface area contributed by atoms with Crippen molar-refractivity contribution in [2.45, 2.75) is 129 Å². The standard InChI is InChI=1S/C41H57ClN6O8/c1-7-11-26(36(52)33(51)18-24-14-15-24)19-31(49)30-20-28(56-34-17-16-27(42)22-43-34)23-48(30)37(53)29(41(2,3)4)21-32(50)35(25-12-9-8-10-13-25)44-38-45-39(54-5)47-40(46-38)55-6/h16-17,22,24-26,28-30,35H,7-15,18-21,23H2,1-6H3,(H,44,45,46,47)/t26-,28-,29-,30+,35-/m1/s1. The first-order valence-corrected chi connectivity index (χ1v) is 20.4. The van der Waals surface area contributed by atoms with Gasteiger partial charge in [-0.3, -0.25) is 24.0 Å². The summed E-state index contributed by atoms with van der Waals surface area (Å²) >= 11 is 6.05. The molecule has 2 aliphatic carbocycles. The molecule has 0 radical (unpaired) electrons. The van der Waals surface area contributed by atoms with E-state index in [1.54, 1.807) is 12.1 Å². The van der Waals surface area contributed by atoms with E-state index in [1.165, 1.54) is 25.3 Å². The zero-order valence-electron chi connectivity index (χ0n) is 33.6. The lowest BCUT2D eigenvalue weighted by Crippen LogP contribution is -2.49. The van der Waals surface area contributed by atoms with Gasteiger partial charge in [-0.15, -0.1) is 4.98 Å². The second-order valence-corrected chi connectivity index (χ2v) is 17.1. The number of nitrogens with zero attached hydrogens (tertiary/aromatic N) is 5. The van der Waals surface area contributed by atoms with Crippen LogP contribution in [0.3, 0.4) is 0 Å². The van der Waals surface area contributed by atoms with Gasteiger partial charge in [0, 0.05) is 49.8 Å². The van der Waals surface area contributed by atoms with Gasteiger partial charge in [-0.2, -0.15) is 9.97 Å². The Hall–Kier alpha value is -4.20. The largest absolute Gasteiger partial charge is 0.472 e. The molecule has 0 unspecified atom stereocenters. The van der Waals surface area contributed by atoms with Crippen LogP contribution in [-0.2, 0) is 24.0 Å². The third kappa shape index (κ3) is 11.4. The van der Waals surface area contributed by atoms with Crippen LogP contribution in [0.1, 0.15) is 111 Å². The summed E-state index contributed by atoms with van der Waals surface area (Å²) in [5.74, 6) is -2.70. The normalized spacial score (nSPS) is 20.4. The summed E-state index contributed by atoms with van der Waals surface area (Å²) in [7, 11) is 2.85. The molecular weight excluding hydrogens is 740 g/mol. The van der Waals surface area contributed by atoms with Crippen molar-refractivity contribution in [3.8, 4) is 17.9 Å². The number of likely N-dealkylation sites (tertiary alicyclic amines) is 1. The smallest absolute Gasteiger partial charge is 0.324 e. The Kier molecular flexibility index (Phi) is 14.8. The van der Waals surface area contributed by atoms with Crippen molar-refractivity contribution in [1.29, 1.82) is 0 Å². The third-order valence-corrected chi connectivity index (χ3v) is 11.5. The van der Waals surface area contributed by atoms with E-state index in [1.807, 2.05) is 27.7 Å². The lowest BCUT2D eigenvalue weighted by molar-refractivity contribution is -0.147. The molecule has 1 N–H and O–H groups in total. The van der Waals surface area contributed by atoms with Gasteiger partial charge in [-0.05, 0) is 55.4 Å². The van der Waals surface area contributed by atoms with Gasteiger partial charge in [0.05, 0.1) is 37.9 Å². The van der Waals surface area contributed by atoms with Gasteiger partial charge in [0.1, 0.15) is 6.10 Å². The van der Waals surface area contributed by atoms with Crippen LogP contribution in [0.25, 0.3) is 0 Å². The molecule has 5 atom stereocenters. The molecule has 1 aliphatic heterocycles. The fraction of sp³-hybridized carbons (Fsp3) is 0.683. The number of amides is 1. The molecule has 1 saturated heterocycles. The SMILES string of the molecule is CCC[C@H](CC(=O)[C@@H]1C[C@@H](Oc2ccc(Cl)cn2)CN1C(=O)[C@@H](CC(=O)[C@H](Nc1nc(OC)nc(OC)n1)C1CCCCC1)C(C)(C)C)C(=O)C(=O)CC1CC1. The number of hydrogen-bond acceptors (Lipinski definition) is 13. The summed E-state index contributed by atoms with van der Waals surface area (Å²) in [5.41, 5.74) is -0.691. The Labute approximate surface area is 334 Å². The molecule has 5 rings (SSSR count). The molecule has 14 nitrogen and oxygen atoms in total. The highest BCUT2D eigenvalue weighted by Crippen LogP contribution is 2.38. The number of ether oxygens (including phenoxy) is 3. The van der Waals surface area contributed by atoms with Crippen LogP contribution in [0.5, 0.6) is 17.9 Å². The van der Waals surface area contributed by atoms with Crippen molar-refractivity contribution in [3.05, 3.63) is 23.4 Å². The minimum Gasteiger partial charge on any atom is -0.472 e. The first kappa shape index (κ1) is 42.9. The predicted octanol–water partition coefficient (Wildman–Crippen LogP) is 6.28. The number of carbonyl (C=O) groups is 5. The first-order chi connectivity index (χ1) is 26.7. The van der Waals surface area contributed by atoms with E-state index in [9.17, 15) is 24.0 Å². The Morgan fingerprint density at radius 1 is 0.946 bits per heavy atom. The molecule has 0 aromatic carbocycles. The number of nitrogens with one attached hydrogen (secondary N) is 1. The highest BCUT2D eigenvalue weighted by Gasteiger charge is 2.47. The number of methoxy groups -OCH3 is 2. The molecule has 3 fully saturated rings. The van der Waals surface area contributed by atoms with Gasteiger partial charge in [0.2, 0.25) is 23.5 Å². The number of halogens is 1. The highest BCUT2D eigenvalue weighted by molar-refractivity contribution is 6.38. The fourth-order valence-electron chi connectivity index (χ4n) is 7.95. The topological polar surface area (TPSA) is 180 Å². The summed E-state index contributed by atoms with van der Waals surface area (Å²) in [6.07, 6.45) is 8.52. The quantitative estimate of drug-likeness (QED) is 0.148. The number of hydrogen-bond donors (Lipinski definition) is 1. The lowest BCUT2D eigenvalue weighted by Gasteiger charge is -2.36. The van der Waals surface area contributed by atoms with Crippen LogP contribution in [0.4, 0.5) is 5.95 Å². The number of carbonyl (C=O) groups excluding carboxylic acids is 5. The number of anilines is 1. The molecular formula is C41H57ClN6O8. The Balaban J connectivity index is 1.41. The fourth-order valence-corrected chi connectivity index (χ4v) is 8.06. The van der Waals surface area contributed by atoms with Crippen LogP contribution in [0.2, 0.25) is 5.02 Å². The third-order valence-electron chi connectivity index (χ3n) is 11.3. The average Bonchev–Trinajstić information content (AvgIpc) is 3.90. The molecule has 15 heteroatoms. The van der Waals surface area contributed by atoms with Crippen molar-refractivity contribution < 1.29 is 38.2 Å². The summed E-state index contributed by atoms with van der Waals surface area (Å²) in [6.45, 7) is 7.72. The van der Waals surface area contributed by atoms with E-state index in [0.717, 1.165) is 44.9 Å². The van der Waals surface area contributed by atoms with Gasteiger partial charge in [-0.1, -0.05) is 65.0 Å². The molecule has 2 aromatic heterocycles. The molecule has 3 aliphatic rings. The minimum atomic E-state index is -0.928. The number of rotatable bonds is 20. The van der Waals surface area contributed by atoms with Crippen LogP contribution >= 0.6 is 11.6 Å². The molecule has 2 saturated carbocycles. The Bertz CT molecular complexity index is 1690. The molecule has 0 spiro atoms. The van der Waals surface area contributed by atoms with E-state index >= 15 is 0 Å². The van der Waals surface area contributed by atoms with Crippen molar-refractivity contribution in [2.24, 2.45) is 29.1 Å². The lowest BCUT2D eigenvalue weighted by atomic mass is 9.74. The predicted molar refractivity (Wildman–Crippen MR) is 209 cm³/mol. The van der Waals surface area contributed by atoms with E-state index in [2.05, 4.69) is 25.3 Å². The van der Waals surface area contributed by atoms with Crippen LogP contribution in [-0.4, -0.2) is 92.8 Å². The van der Waals surface area contributed by atoms with Gasteiger partial charge < -0.3 is 24.4 Å². The van der Waals surface area contributed by atoms with Gasteiger partial charge in [-0.25, -0.2) is 4.98 Å². The molecule has 1 amide bonds. The summed E-state index contributed by atoms with van der Waals surface area (Å²) in [5, 5.41) is 3.68. The van der Waals surface area contributed by atoms with E-state index in [0.29, 0.717) is 23.7 Å². The van der Waals surface area contributed by atoms with Crippen molar-refractivity contribution in [1.82, 2.24) is 24.8 Å². The summed E-state index contributed by atoms with van der Waals surface area (Å²) in [4.78, 5) is 88.5. The average molecular weight is 797 g/mol. The van der Waals surface area contributed by atoms with E-state index < -0.39 is 47.0 Å². The maximum Gasteiger partial charge on any atom is 0.324 e. The molecule has 306 valence electrons. The first-order valence-electron chi connectivity index (χ1n) is 20.0. The number of aromatic nitrogens is 4. The monoisotopic (exact) mass is 796 g/mol. The summed E-state index contributed by atoms with van der Waals surface area (Å²) < 4.78 is 16.7. The van der Waals surface area contributed by atoms with E-state index in [4.69, 9.17) is 25.8 Å². The number of ketones is 4. The maximum atomic E-state index is 14.9. The second kappa shape index (κ2) is 19.3. The number of pyridine rings is 1. The van der Waals surface area contributed by atoms with Crippen LogP contribution in [0.15, 0.2) is 18.3 Å². The van der Waals surface area contributed by atoms with Crippen LogP contribution < -0.4 is 19.5 Å². The molecule has 2 aromatic rings. The molecule has 0 bridgehead atoms. The zero-order chi connectivity index (χ0) is 40.6. The summed E-state index contributed by atoms with van der Waals surface area (Å²) in [6, 6.07) is 1.69. The van der Waals surface area contributed by atoms with Gasteiger partial charge >= 0.3 is 12.0 Å². The number of Topliss-reactive ketones (excluding diaryl/α,β-unsaturated/α-hetero) is 4. The highest BCUT2D eigenvalue weighted by atomic mass is 35.5. The van der Waals surface area contributed by atoms with Crippen LogP contribution in [0, 0.1) is 29.1 Å². The zero-order valence-corrected chi connectivity index (χ0v) is 34.3. The Morgan fingerprint density at radius 3 is 2.20 bits per heavy atom. The van der Waals surface area contributed by atoms with Gasteiger partial charge in [0.25, 0.3) is 0 Å². The van der Waals surface area contributed by atoms with Crippen molar-refractivity contribution in [3.63, 3.8) is 0 Å². The van der Waals surface area contributed by atoms with Gasteiger partial charge in [0.15, 0.2) is 17.3 Å².